The van der Waals surface area contributed by atoms with E-state index in [4.69, 9.17) is 16.3 Å². The van der Waals surface area contributed by atoms with Crippen molar-refractivity contribution in [3.05, 3.63) is 34.9 Å². The second-order valence-electron chi connectivity index (χ2n) is 6.91. The average Bonchev–Trinajstić information content (AvgIpc) is 2.86. The molecule has 7 heteroatoms. The highest BCUT2D eigenvalue weighted by Crippen LogP contribution is 2.32. The fourth-order valence-electron chi connectivity index (χ4n) is 3.43. The number of likely N-dealkylation sites (tertiary alicyclic amines) is 1. The van der Waals surface area contributed by atoms with Gasteiger partial charge >= 0.3 is 6.09 Å². The molecule has 1 spiro atoms. The molecular formula is C18H24ClN3O3. The Hall–Kier alpha value is -1.79. The zero-order valence-corrected chi connectivity index (χ0v) is 15.2. The van der Waals surface area contributed by atoms with E-state index in [1.165, 1.54) is 0 Å². The number of piperidine rings is 1. The molecule has 3 rings (SSSR count). The van der Waals surface area contributed by atoms with Crippen LogP contribution >= 0.6 is 11.6 Å². The molecule has 0 saturated carbocycles. The van der Waals surface area contributed by atoms with Gasteiger partial charge in [-0.3, -0.25) is 9.69 Å². The molecule has 0 radical (unpaired) electrons. The molecule has 0 atom stereocenters. The van der Waals surface area contributed by atoms with Crippen LogP contribution in [0.4, 0.5) is 4.79 Å². The Kier molecular flexibility index (Phi) is 5.49. The van der Waals surface area contributed by atoms with E-state index in [1.807, 2.05) is 24.3 Å². The predicted molar refractivity (Wildman–Crippen MR) is 95.7 cm³/mol. The summed E-state index contributed by atoms with van der Waals surface area (Å²) in [6, 6.07) is 7.65. The molecule has 2 saturated heterocycles. The van der Waals surface area contributed by atoms with Crippen molar-refractivity contribution in [2.75, 3.05) is 39.8 Å². The molecule has 2 aliphatic heterocycles. The maximum atomic E-state index is 12.1. The predicted octanol–water partition coefficient (Wildman–Crippen LogP) is 1.92. The number of carbonyl (C=O) groups is 2. The Labute approximate surface area is 153 Å². The van der Waals surface area contributed by atoms with E-state index in [9.17, 15) is 9.59 Å². The maximum Gasteiger partial charge on any atom is 0.410 e. The van der Waals surface area contributed by atoms with Gasteiger partial charge in [0.25, 0.3) is 0 Å². The van der Waals surface area contributed by atoms with Crippen LogP contribution in [0.2, 0.25) is 5.02 Å². The molecule has 1 aromatic rings. The number of halogens is 1. The lowest BCUT2D eigenvalue weighted by atomic mass is 9.91. The number of carbonyl (C=O) groups excluding carboxylic acids is 2. The Morgan fingerprint density at radius 1 is 1.28 bits per heavy atom. The summed E-state index contributed by atoms with van der Waals surface area (Å²) in [6.45, 7) is 3.19. The van der Waals surface area contributed by atoms with E-state index in [0.29, 0.717) is 19.6 Å². The lowest BCUT2D eigenvalue weighted by Gasteiger charge is -2.36. The topological polar surface area (TPSA) is 61.9 Å². The van der Waals surface area contributed by atoms with Gasteiger partial charge in [0.2, 0.25) is 5.91 Å². The SMILES string of the molecule is CN1CC2(CCN(CC(=O)NCCc3ccc(Cl)cc3)CC2)OC1=O. The minimum absolute atomic E-state index is 0.0328. The van der Waals surface area contributed by atoms with Crippen LogP contribution in [0.15, 0.2) is 24.3 Å². The summed E-state index contributed by atoms with van der Waals surface area (Å²) in [6.07, 6.45) is 2.10. The summed E-state index contributed by atoms with van der Waals surface area (Å²) in [5.41, 5.74) is 0.796. The van der Waals surface area contributed by atoms with Gasteiger partial charge < -0.3 is 15.0 Å². The van der Waals surface area contributed by atoms with Crippen LogP contribution < -0.4 is 5.32 Å². The van der Waals surface area contributed by atoms with Crippen LogP contribution in [0.1, 0.15) is 18.4 Å². The summed E-state index contributed by atoms with van der Waals surface area (Å²) < 4.78 is 5.53. The second-order valence-corrected chi connectivity index (χ2v) is 7.35. The highest BCUT2D eigenvalue weighted by Gasteiger charge is 2.45. The smallest absolute Gasteiger partial charge is 0.410 e. The van der Waals surface area contributed by atoms with Crippen LogP contribution in [-0.4, -0.2) is 67.2 Å². The van der Waals surface area contributed by atoms with E-state index < -0.39 is 0 Å². The third-order valence-corrected chi connectivity index (χ3v) is 5.18. The highest BCUT2D eigenvalue weighted by molar-refractivity contribution is 6.30. The monoisotopic (exact) mass is 365 g/mol. The lowest BCUT2D eigenvalue weighted by Crippen LogP contribution is -2.49. The number of hydrogen-bond donors (Lipinski definition) is 1. The van der Waals surface area contributed by atoms with Crippen molar-refractivity contribution in [1.82, 2.24) is 15.1 Å². The number of hydrogen-bond acceptors (Lipinski definition) is 4. The van der Waals surface area contributed by atoms with Crippen LogP contribution in [0.25, 0.3) is 0 Å². The number of likely N-dealkylation sites (N-methyl/N-ethyl adjacent to an activating group) is 1. The van der Waals surface area contributed by atoms with Crippen LogP contribution in [-0.2, 0) is 16.0 Å². The third kappa shape index (κ3) is 4.64. The van der Waals surface area contributed by atoms with Gasteiger partial charge in [-0.05, 0) is 24.1 Å². The van der Waals surface area contributed by atoms with Gasteiger partial charge in [-0.2, -0.15) is 0 Å². The van der Waals surface area contributed by atoms with Gasteiger partial charge in [0.1, 0.15) is 5.60 Å². The van der Waals surface area contributed by atoms with E-state index in [-0.39, 0.29) is 17.6 Å². The number of rotatable bonds is 5. The minimum atomic E-state index is -0.354. The highest BCUT2D eigenvalue weighted by atomic mass is 35.5. The van der Waals surface area contributed by atoms with Gasteiger partial charge in [0.15, 0.2) is 0 Å². The summed E-state index contributed by atoms with van der Waals surface area (Å²) in [7, 11) is 1.76. The van der Waals surface area contributed by atoms with Gasteiger partial charge in [0.05, 0.1) is 13.1 Å². The molecule has 25 heavy (non-hydrogen) atoms. The summed E-state index contributed by atoms with van der Waals surface area (Å²) in [5.74, 6) is 0.0328. The van der Waals surface area contributed by atoms with Crippen molar-refractivity contribution in [3.63, 3.8) is 0 Å². The minimum Gasteiger partial charge on any atom is -0.441 e. The molecule has 2 heterocycles. The van der Waals surface area contributed by atoms with Gasteiger partial charge in [-0.1, -0.05) is 23.7 Å². The quantitative estimate of drug-likeness (QED) is 0.866. The zero-order valence-electron chi connectivity index (χ0n) is 14.5. The normalized spacial score (nSPS) is 19.9. The third-order valence-electron chi connectivity index (χ3n) is 4.92. The molecule has 0 aliphatic carbocycles. The average molecular weight is 366 g/mol. The number of nitrogens with one attached hydrogen (secondary N) is 1. The van der Waals surface area contributed by atoms with E-state index in [1.54, 1.807) is 11.9 Å². The van der Waals surface area contributed by atoms with Gasteiger partial charge in [0, 0.05) is 44.5 Å². The first-order chi connectivity index (χ1) is 12.0. The fourth-order valence-corrected chi connectivity index (χ4v) is 3.55. The van der Waals surface area contributed by atoms with Gasteiger partial charge in [-0.25, -0.2) is 4.79 Å². The Morgan fingerprint density at radius 2 is 1.96 bits per heavy atom. The second kappa shape index (κ2) is 7.62. The van der Waals surface area contributed by atoms with Crippen molar-refractivity contribution in [1.29, 1.82) is 0 Å². The first-order valence-electron chi connectivity index (χ1n) is 8.63. The summed E-state index contributed by atoms with van der Waals surface area (Å²) in [5, 5.41) is 3.68. The lowest BCUT2D eigenvalue weighted by molar-refractivity contribution is -0.123. The zero-order chi connectivity index (χ0) is 17.9. The van der Waals surface area contributed by atoms with Gasteiger partial charge in [-0.15, -0.1) is 0 Å². The fraction of sp³-hybridized carbons (Fsp3) is 0.556. The van der Waals surface area contributed by atoms with Crippen LogP contribution in [0.3, 0.4) is 0 Å². The summed E-state index contributed by atoms with van der Waals surface area (Å²) in [4.78, 5) is 27.4. The van der Waals surface area contributed by atoms with E-state index in [2.05, 4.69) is 10.2 Å². The van der Waals surface area contributed by atoms with Crippen molar-refractivity contribution >= 4 is 23.6 Å². The molecule has 0 bridgehead atoms. The van der Waals surface area contributed by atoms with Crippen molar-refractivity contribution in [2.24, 2.45) is 0 Å². The van der Waals surface area contributed by atoms with Crippen LogP contribution in [0.5, 0.6) is 0 Å². The molecule has 0 aromatic heterocycles. The number of benzene rings is 1. The molecule has 136 valence electrons. The number of ether oxygens (including phenoxy) is 1. The summed E-state index contributed by atoms with van der Waals surface area (Å²) >= 11 is 5.86. The van der Waals surface area contributed by atoms with Crippen molar-refractivity contribution in [3.8, 4) is 0 Å². The van der Waals surface area contributed by atoms with Crippen LogP contribution in [0, 0.1) is 0 Å². The number of amides is 2. The molecule has 6 nitrogen and oxygen atoms in total. The number of nitrogens with zero attached hydrogens (tertiary/aromatic N) is 2. The Balaban J connectivity index is 1.36. The first-order valence-corrected chi connectivity index (χ1v) is 9.01. The van der Waals surface area contributed by atoms with E-state index in [0.717, 1.165) is 42.9 Å². The Morgan fingerprint density at radius 3 is 2.56 bits per heavy atom. The molecule has 2 aliphatic rings. The van der Waals surface area contributed by atoms with E-state index >= 15 is 0 Å². The van der Waals surface area contributed by atoms with Crippen molar-refractivity contribution < 1.29 is 14.3 Å². The molecule has 2 amide bonds. The molecule has 0 unspecified atom stereocenters. The standard InChI is InChI=1S/C18H24ClN3O3/c1-21-13-18(25-17(21)24)7-10-22(11-8-18)12-16(23)20-9-6-14-2-4-15(19)5-3-14/h2-5H,6-13H2,1H3,(H,20,23). The molecular weight excluding hydrogens is 342 g/mol. The maximum absolute atomic E-state index is 12.1. The molecule has 2 fully saturated rings. The molecule has 1 aromatic carbocycles. The first kappa shape index (κ1) is 18.0. The largest absolute Gasteiger partial charge is 0.441 e. The van der Waals surface area contributed by atoms with Crippen molar-refractivity contribution in [2.45, 2.75) is 24.9 Å². The Bertz CT molecular complexity index is 627. The molecule has 1 N–H and O–H groups in total.